The molecule has 1 aromatic carbocycles. The topological polar surface area (TPSA) is 61.4 Å². The molecule has 0 aliphatic rings. The number of hydrogen-bond acceptors (Lipinski definition) is 3. The summed E-state index contributed by atoms with van der Waals surface area (Å²) in [6.07, 6.45) is 4.13. The van der Waals surface area contributed by atoms with E-state index >= 15 is 0 Å². The predicted molar refractivity (Wildman–Crippen MR) is 88.8 cm³/mol. The van der Waals surface area contributed by atoms with Crippen LogP contribution in [0.4, 0.5) is 5.69 Å². The minimum atomic E-state index is -3.47. The van der Waals surface area contributed by atoms with Crippen LogP contribution in [0.15, 0.2) is 24.3 Å². The number of benzene rings is 1. The van der Waals surface area contributed by atoms with E-state index in [4.69, 9.17) is 0 Å². The molecule has 6 heteroatoms. The molecule has 0 fully saturated rings. The quantitative estimate of drug-likeness (QED) is 0.651. The van der Waals surface area contributed by atoms with Gasteiger partial charge in [-0.15, -0.1) is 0 Å². The van der Waals surface area contributed by atoms with Crippen LogP contribution in [0.2, 0.25) is 0 Å². The number of rotatable bonds is 10. The van der Waals surface area contributed by atoms with Crippen LogP contribution in [0.25, 0.3) is 0 Å². The molecule has 0 radical (unpaired) electrons. The maximum absolute atomic E-state index is 12.1. The van der Waals surface area contributed by atoms with E-state index in [-0.39, 0.29) is 0 Å². The van der Waals surface area contributed by atoms with E-state index in [1.165, 1.54) is 9.87 Å². The van der Waals surface area contributed by atoms with Crippen molar-refractivity contribution >= 4 is 15.9 Å². The predicted octanol–water partition coefficient (Wildman–Crippen LogP) is 2.23. The number of anilines is 1. The lowest BCUT2D eigenvalue weighted by atomic mass is 10.1. The molecule has 0 aliphatic carbocycles. The molecule has 0 aromatic heterocycles. The monoisotopic (exact) mass is 313 g/mol. The first-order valence-corrected chi connectivity index (χ1v) is 8.91. The first-order chi connectivity index (χ1) is 9.99. The summed E-state index contributed by atoms with van der Waals surface area (Å²) in [6, 6.07) is 7.61. The van der Waals surface area contributed by atoms with Gasteiger partial charge in [-0.3, -0.25) is 4.72 Å². The molecule has 1 aromatic rings. The second-order valence-electron chi connectivity index (χ2n) is 5.19. The Labute approximate surface area is 128 Å². The van der Waals surface area contributed by atoms with E-state index in [1.54, 1.807) is 7.05 Å². The Balaban J connectivity index is 2.58. The van der Waals surface area contributed by atoms with Crippen molar-refractivity contribution in [3.63, 3.8) is 0 Å². The lowest BCUT2D eigenvalue weighted by Crippen LogP contribution is -2.34. The zero-order valence-corrected chi connectivity index (χ0v) is 14.0. The van der Waals surface area contributed by atoms with Crippen molar-refractivity contribution in [1.29, 1.82) is 0 Å². The van der Waals surface area contributed by atoms with Gasteiger partial charge in [0.1, 0.15) is 0 Å². The molecule has 0 amide bonds. The Morgan fingerprint density at radius 3 is 2.38 bits per heavy atom. The fourth-order valence-corrected chi connectivity index (χ4v) is 2.91. The summed E-state index contributed by atoms with van der Waals surface area (Å²) < 4.78 is 28.2. The molecule has 0 saturated carbocycles. The summed E-state index contributed by atoms with van der Waals surface area (Å²) in [5.41, 5.74) is 1.85. The third kappa shape index (κ3) is 6.46. The maximum Gasteiger partial charge on any atom is 0.301 e. The van der Waals surface area contributed by atoms with E-state index in [0.29, 0.717) is 12.2 Å². The summed E-state index contributed by atoms with van der Waals surface area (Å²) in [4.78, 5) is 0. The average molecular weight is 313 g/mol. The minimum absolute atomic E-state index is 0.491. The zero-order valence-electron chi connectivity index (χ0n) is 13.2. The van der Waals surface area contributed by atoms with Gasteiger partial charge in [-0.25, -0.2) is 0 Å². The number of nitrogens with one attached hydrogen (secondary N) is 2. The Hall–Kier alpha value is -1.11. The number of aryl methyl sites for hydroxylation is 1. The van der Waals surface area contributed by atoms with Crippen molar-refractivity contribution in [2.45, 2.75) is 32.6 Å². The molecule has 21 heavy (non-hydrogen) atoms. The molecule has 120 valence electrons. The second kappa shape index (κ2) is 9.02. The fourth-order valence-electron chi connectivity index (χ4n) is 1.95. The molecule has 0 aliphatic heterocycles. The van der Waals surface area contributed by atoms with Gasteiger partial charge in [0.2, 0.25) is 0 Å². The fraction of sp³-hybridized carbons (Fsp3) is 0.600. The molecule has 0 atom stereocenters. The lowest BCUT2D eigenvalue weighted by molar-refractivity contribution is 0.462. The van der Waals surface area contributed by atoms with Crippen molar-refractivity contribution in [3.05, 3.63) is 29.8 Å². The van der Waals surface area contributed by atoms with Crippen molar-refractivity contribution in [3.8, 4) is 0 Å². The third-order valence-electron chi connectivity index (χ3n) is 3.33. The minimum Gasteiger partial charge on any atom is -0.320 e. The van der Waals surface area contributed by atoms with E-state index in [9.17, 15) is 8.42 Å². The Kier molecular flexibility index (Phi) is 7.71. The lowest BCUT2D eigenvalue weighted by Gasteiger charge is -2.18. The van der Waals surface area contributed by atoms with Crippen molar-refractivity contribution in [1.82, 2.24) is 9.62 Å². The SMILES string of the molecule is CCCCc1ccc(NS(=O)(=O)N(C)CCCNC)cc1. The normalized spacial score (nSPS) is 11.8. The van der Waals surface area contributed by atoms with Gasteiger partial charge in [0, 0.05) is 19.3 Å². The van der Waals surface area contributed by atoms with Gasteiger partial charge >= 0.3 is 10.2 Å². The van der Waals surface area contributed by atoms with Crippen molar-refractivity contribution in [2.75, 3.05) is 31.9 Å². The van der Waals surface area contributed by atoms with Crippen LogP contribution in [0.3, 0.4) is 0 Å². The maximum atomic E-state index is 12.1. The van der Waals surface area contributed by atoms with Crippen LogP contribution < -0.4 is 10.0 Å². The molecule has 0 unspecified atom stereocenters. The number of hydrogen-bond donors (Lipinski definition) is 2. The highest BCUT2D eigenvalue weighted by Crippen LogP contribution is 2.14. The van der Waals surface area contributed by atoms with Crippen LogP contribution in [-0.2, 0) is 16.6 Å². The van der Waals surface area contributed by atoms with Crippen molar-refractivity contribution in [2.24, 2.45) is 0 Å². The summed E-state index contributed by atoms with van der Waals surface area (Å²) in [5.74, 6) is 0. The largest absolute Gasteiger partial charge is 0.320 e. The molecule has 0 saturated heterocycles. The highest BCUT2D eigenvalue weighted by Gasteiger charge is 2.16. The summed E-state index contributed by atoms with van der Waals surface area (Å²) in [7, 11) is -0.0231. The van der Waals surface area contributed by atoms with Gasteiger partial charge in [-0.2, -0.15) is 12.7 Å². The smallest absolute Gasteiger partial charge is 0.301 e. The van der Waals surface area contributed by atoms with E-state index < -0.39 is 10.2 Å². The molecule has 0 spiro atoms. The van der Waals surface area contributed by atoms with E-state index in [1.807, 2.05) is 31.3 Å². The summed E-state index contributed by atoms with van der Waals surface area (Å²) in [6.45, 7) is 3.45. The molecular weight excluding hydrogens is 286 g/mol. The van der Waals surface area contributed by atoms with E-state index in [2.05, 4.69) is 17.0 Å². The Bertz CT molecular complexity index is 500. The summed E-state index contributed by atoms with van der Waals surface area (Å²) >= 11 is 0. The third-order valence-corrected chi connectivity index (χ3v) is 4.83. The van der Waals surface area contributed by atoms with Crippen LogP contribution in [-0.4, -0.2) is 39.9 Å². The standard InChI is InChI=1S/C15H27N3O2S/c1-4-5-7-14-8-10-15(11-9-14)17-21(19,20)18(3)13-6-12-16-2/h8-11,16-17H,4-7,12-13H2,1-3H3. The highest BCUT2D eigenvalue weighted by molar-refractivity contribution is 7.90. The first-order valence-electron chi connectivity index (χ1n) is 7.47. The van der Waals surface area contributed by atoms with Gasteiger partial charge in [-0.05, 0) is 50.6 Å². The number of nitrogens with zero attached hydrogens (tertiary/aromatic N) is 1. The van der Waals surface area contributed by atoms with Crippen LogP contribution in [0.1, 0.15) is 31.7 Å². The van der Waals surface area contributed by atoms with Gasteiger partial charge in [0.15, 0.2) is 0 Å². The molecule has 1 rings (SSSR count). The highest BCUT2D eigenvalue weighted by atomic mass is 32.2. The number of unbranched alkanes of at least 4 members (excludes halogenated alkanes) is 1. The van der Waals surface area contributed by atoms with Gasteiger partial charge in [0.05, 0.1) is 0 Å². The molecule has 0 heterocycles. The zero-order chi connectivity index (χ0) is 15.7. The molecule has 0 bridgehead atoms. The first kappa shape index (κ1) is 17.9. The van der Waals surface area contributed by atoms with Crippen LogP contribution in [0, 0.1) is 0 Å². The Morgan fingerprint density at radius 2 is 1.81 bits per heavy atom. The van der Waals surface area contributed by atoms with Crippen LogP contribution in [0.5, 0.6) is 0 Å². The van der Waals surface area contributed by atoms with Gasteiger partial charge < -0.3 is 5.32 Å². The van der Waals surface area contributed by atoms with Crippen LogP contribution >= 0.6 is 0 Å². The summed E-state index contributed by atoms with van der Waals surface area (Å²) in [5, 5.41) is 3.01. The molecule has 5 nitrogen and oxygen atoms in total. The van der Waals surface area contributed by atoms with Gasteiger partial charge in [0.25, 0.3) is 0 Å². The molecule has 2 N–H and O–H groups in total. The van der Waals surface area contributed by atoms with Crippen molar-refractivity contribution < 1.29 is 8.42 Å². The van der Waals surface area contributed by atoms with Gasteiger partial charge in [-0.1, -0.05) is 25.5 Å². The Morgan fingerprint density at radius 1 is 1.14 bits per heavy atom. The van der Waals surface area contributed by atoms with E-state index in [0.717, 1.165) is 32.2 Å². The average Bonchev–Trinajstić information content (AvgIpc) is 2.46. The second-order valence-corrected chi connectivity index (χ2v) is 6.96. The molecular formula is C15H27N3O2S.